The topological polar surface area (TPSA) is 114 Å². The largest absolute Gasteiger partial charge is 0.504 e. The van der Waals surface area contributed by atoms with Gasteiger partial charge < -0.3 is 19.8 Å². The van der Waals surface area contributed by atoms with Crippen LogP contribution in [0.3, 0.4) is 0 Å². The summed E-state index contributed by atoms with van der Waals surface area (Å²) >= 11 is 0. The van der Waals surface area contributed by atoms with Crippen molar-refractivity contribution in [3.8, 4) is 11.5 Å². The lowest BCUT2D eigenvalue weighted by atomic mass is 9.55. The van der Waals surface area contributed by atoms with Crippen molar-refractivity contribution in [3.05, 3.63) is 63.2 Å². The third kappa shape index (κ3) is 3.70. The number of phenolic OH excluding ortho intramolecular Hbond substituents is 1. The Kier molecular flexibility index (Phi) is 5.72. The number of benzene rings is 2. The summed E-state index contributed by atoms with van der Waals surface area (Å²) in [5.41, 5.74) is 3.51. The third-order valence-electron chi connectivity index (χ3n) is 8.43. The van der Waals surface area contributed by atoms with E-state index >= 15 is 0 Å². The molecule has 0 aliphatic heterocycles. The lowest BCUT2D eigenvalue weighted by molar-refractivity contribution is -0.384. The van der Waals surface area contributed by atoms with E-state index in [4.69, 9.17) is 9.57 Å². The summed E-state index contributed by atoms with van der Waals surface area (Å²) in [5, 5.41) is 36.6. The Morgan fingerprint density at radius 3 is 2.68 bits per heavy atom. The fourth-order valence-corrected chi connectivity index (χ4v) is 6.55. The van der Waals surface area contributed by atoms with E-state index in [2.05, 4.69) is 12.1 Å². The molecule has 34 heavy (non-hydrogen) atoms. The lowest BCUT2D eigenvalue weighted by Crippen LogP contribution is -2.45. The Bertz CT molecular complexity index is 1130. The van der Waals surface area contributed by atoms with Crippen molar-refractivity contribution >= 4 is 11.4 Å². The number of oxime groups is 1. The van der Waals surface area contributed by atoms with Gasteiger partial charge in [-0.15, -0.1) is 0 Å². The first-order chi connectivity index (χ1) is 16.3. The van der Waals surface area contributed by atoms with Gasteiger partial charge in [-0.2, -0.15) is 0 Å². The normalized spacial score (nSPS) is 30.9. The summed E-state index contributed by atoms with van der Waals surface area (Å²) in [6.07, 6.45) is 4.24. The Hall–Kier alpha value is -3.13. The van der Waals surface area contributed by atoms with Crippen molar-refractivity contribution in [1.29, 1.82) is 0 Å². The Labute approximate surface area is 198 Å². The maximum absolute atomic E-state index is 10.9. The first-order valence-electron chi connectivity index (χ1n) is 11.8. The Balaban J connectivity index is 1.46. The SMILES string of the molecule is COc1cc2c(cc1O)C(=NOCc1ccc([N+](=O)[O-])cc1)CC1C2CC[C@@]2(C)C1CC[C@@H]2O. The minimum Gasteiger partial charge on any atom is -0.504 e. The van der Waals surface area contributed by atoms with Crippen LogP contribution in [0.5, 0.6) is 11.5 Å². The second-order valence-electron chi connectivity index (χ2n) is 10.1. The zero-order valence-electron chi connectivity index (χ0n) is 19.4. The van der Waals surface area contributed by atoms with Crippen molar-refractivity contribution in [2.45, 2.75) is 57.7 Å². The lowest BCUT2D eigenvalue weighted by Gasteiger charge is -2.50. The molecule has 2 saturated carbocycles. The zero-order chi connectivity index (χ0) is 24.0. The number of nitro groups is 1. The quantitative estimate of drug-likeness (QED) is 0.478. The third-order valence-corrected chi connectivity index (χ3v) is 8.43. The van der Waals surface area contributed by atoms with Crippen LogP contribution < -0.4 is 4.74 Å². The molecule has 5 rings (SSSR count). The van der Waals surface area contributed by atoms with Crippen LogP contribution in [0.15, 0.2) is 41.6 Å². The average molecular weight is 467 g/mol. The molecule has 3 unspecified atom stereocenters. The molecule has 3 aliphatic carbocycles. The van der Waals surface area contributed by atoms with E-state index in [1.807, 2.05) is 6.07 Å². The number of fused-ring (bicyclic) bond motifs is 5. The molecule has 0 radical (unpaired) electrons. The fraction of sp³-hybridized carbons (Fsp3) is 0.500. The van der Waals surface area contributed by atoms with Crippen LogP contribution in [0.1, 0.15) is 61.6 Å². The van der Waals surface area contributed by atoms with Crippen molar-refractivity contribution in [1.82, 2.24) is 0 Å². The Morgan fingerprint density at radius 1 is 1.21 bits per heavy atom. The highest BCUT2D eigenvalue weighted by Crippen LogP contribution is 2.61. The number of phenols is 1. The number of methoxy groups -OCH3 is 1. The van der Waals surface area contributed by atoms with Crippen molar-refractivity contribution in [2.75, 3.05) is 7.11 Å². The number of aliphatic hydroxyl groups excluding tert-OH is 1. The molecule has 3 aliphatic rings. The van der Waals surface area contributed by atoms with Crippen LogP contribution in [-0.4, -0.2) is 34.1 Å². The minimum absolute atomic E-state index is 0.0332. The molecule has 8 nitrogen and oxygen atoms in total. The van der Waals surface area contributed by atoms with E-state index in [-0.39, 0.29) is 29.6 Å². The van der Waals surface area contributed by atoms with Crippen molar-refractivity contribution in [3.63, 3.8) is 0 Å². The smallest absolute Gasteiger partial charge is 0.269 e. The molecule has 2 N–H and O–H groups in total. The van der Waals surface area contributed by atoms with Gasteiger partial charge >= 0.3 is 0 Å². The number of aromatic hydroxyl groups is 1. The predicted octanol–water partition coefficient (Wildman–Crippen LogP) is 4.90. The van der Waals surface area contributed by atoms with Crippen LogP contribution in [-0.2, 0) is 11.4 Å². The van der Waals surface area contributed by atoms with Crippen LogP contribution in [0.25, 0.3) is 0 Å². The van der Waals surface area contributed by atoms with Gasteiger partial charge in [-0.3, -0.25) is 10.1 Å². The number of rotatable bonds is 5. The first kappa shape index (κ1) is 22.7. The van der Waals surface area contributed by atoms with Gasteiger partial charge in [-0.05, 0) is 90.7 Å². The maximum atomic E-state index is 10.9. The molecule has 0 saturated heterocycles. The number of nitro benzene ring substituents is 1. The molecule has 180 valence electrons. The molecular formula is C26H30N2O6. The van der Waals surface area contributed by atoms with Crippen LogP contribution >= 0.6 is 0 Å². The standard InChI is InChI=1S/C26H30N2O6/c1-26-10-9-17-18-13-24(33-2)23(29)12-20(18)22(11-19(17)21(26)7-8-25(26)30)27-34-14-15-3-5-16(6-4-15)28(31)32/h3-6,12-13,17,19,21,25,29-30H,7-11,14H2,1-2H3/t17?,19?,21?,25-,26-/m0/s1. The van der Waals surface area contributed by atoms with Crippen LogP contribution in [0.4, 0.5) is 5.69 Å². The summed E-state index contributed by atoms with van der Waals surface area (Å²) in [4.78, 5) is 16.1. The minimum atomic E-state index is -0.432. The highest BCUT2D eigenvalue weighted by atomic mass is 16.6. The van der Waals surface area contributed by atoms with E-state index in [9.17, 15) is 20.3 Å². The molecule has 0 heterocycles. The summed E-state index contributed by atoms with van der Waals surface area (Å²) in [5.74, 6) is 1.57. The molecule has 0 aromatic heterocycles. The van der Waals surface area contributed by atoms with Crippen LogP contribution in [0, 0.1) is 27.4 Å². The van der Waals surface area contributed by atoms with E-state index in [1.54, 1.807) is 25.3 Å². The molecular weight excluding hydrogens is 436 g/mol. The van der Waals surface area contributed by atoms with Gasteiger partial charge in [-0.1, -0.05) is 12.1 Å². The molecule has 2 fully saturated rings. The molecule has 0 bridgehead atoms. The summed E-state index contributed by atoms with van der Waals surface area (Å²) < 4.78 is 5.41. The highest BCUT2D eigenvalue weighted by Gasteiger charge is 2.55. The molecule has 2 aromatic rings. The summed E-state index contributed by atoms with van der Waals surface area (Å²) in [6.45, 7) is 2.41. The van der Waals surface area contributed by atoms with Crippen molar-refractivity contribution in [2.24, 2.45) is 22.4 Å². The van der Waals surface area contributed by atoms with E-state index < -0.39 is 4.92 Å². The van der Waals surface area contributed by atoms with Gasteiger partial charge in [0.05, 0.1) is 23.8 Å². The van der Waals surface area contributed by atoms with Gasteiger partial charge in [0.15, 0.2) is 11.5 Å². The zero-order valence-corrected chi connectivity index (χ0v) is 19.4. The second kappa shape index (κ2) is 8.58. The van der Waals surface area contributed by atoms with Gasteiger partial charge in [0.2, 0.25) is 0 Å². The average Bonchev–Trinajstić information content (AvgIpc) is 3.13. The number of ether oxygens (including phenoxy) is 1. The summed E-state index contributed by atoms with van der Waals surface area (Å²) in [6, 6.07) is 9.87. The molecule has 0 amide bonds. The first-order valence-corrected chi connectivity index (χ1v) is 11.8. The maximum Gasteiger partial charge on any atom is 0.269 e. The molecule has 8 heteroatoms. The van der Waals surface area contributed by atoms with Crippen LogP contribution in [0.2, 0.25) is 0 Å². The van der Waals surface area contributed by atoms with E-state index in [0.717, 1.165) is 54.5 Å². The van der Waals surface area contributed by atoms with E-state index in [0.29, 0.717) is 23.5 Å². The molecule has 5 atom stereocenters. The second-order valence-corrected chi connectivity index (χ2v) is 10.1. The van der Waals surface area contributed by atoms with Crippen molar-refractivity contribution < 1.29 is 24.7 Å². The highest BCUT2D eigenvalue weighted by molar-refractivity contribution is 6.03. The summed E-state index contributed by atoms with van der Waals surface area (Å²) in [7, 11) is 1.55. The number of hydrogen-bond donors (Lipinski definition) is 2. The van der Waals surface area contributed by atoms with Gasteiger partial charge in [0.25, 0.3) is 5.69 Å². The number of nitrogens with zero attached hydrogens (tertiary/aromatic N) is 2. The van der Waals surface area contributed by atoms with E-state index in [1.165, 1.54) is 12.1 Å². The van der Waals surface area contributed by atoms with Gasteiger partial charge in [0.1, 0.15) is 6.61 Å². The number of aliphatic hydroxyl groups is 1. The molecule has 2 aromatic carbocycles. The molecule has 0 spiro atoms. The van der Waals surface area contributed by atoms with Gasteiger partial charge in [-0.25, -0.2) is 0 Å². The number of non-ortho nitro benzene ring substituents is 1. The fourth-order valence-electron chi connectivity index (χ4n) is 6.55. The number of hydrogen-bond acceptors (Lipinski definition) is 7. The Morgan fingerprint density at radius 2 is 1.97 bits per heavy atom. The monoisotopic (exact) mass is 466 g/mol. The predicted molar refractivity (Wildman–Crippen MR) is 126 cm³/mol. The van der Waals surface area contributed by atoms with Gasteiger partial charge in [0, 0.05) is 17.7 Å².